The Labute approximate surface area is 95.4 Å². The van der Waals surface area contributed by atoms with E-state index in [-0.39, 0.29) is 5.60 Å². The van der Waals surface area contributed by atoms with Gasteiger partial charge in [-0.3, -0.25) is 0 Å². The second-order valence-electron chi connectivity index (χ2n) is 4.23. The topological polar surface area (TPSA) is 48.1 Å². The van der Waals surface area contributed by atoms with Crippen molar-refractivity contribution in [2.24, 2.45) is 0 Å². The highest BCUT2D eigenvalue weighted by Crippen LogP contribution is 2.18. The van der Waals surface area contributed by atoms with Gasteiger partial charge in [-0.2, -0.15) is 0 Å². The molecule has 0 amide bonds. The van der Waals surface area contributed by atoms with E-state index in [0.717, 1.165) is 17.3 Å². The molecule has 0 saturated heterocycles. The molecule has 0 aliphatic rings. The molecule has 84 valence electrons. The second kappa shape index (κ2) is 5.37. The zero-order valence-corrected chi connectivity index (χ0v) is 10.3. The minimum absolute atomic E-state index is 0.0556. The fourth-order valence-corrected chi connectivity index (χ4v) is 1.68. The van der Waals surface area contributed by atoms with Crippen molar-refractivity contribution in [1.82, 2.24) is 4.98 Å². The Kier molecular flexibility index (Phi) is 4.42. The molecular formula is C11H18N2OS. The first-order chi connectivity index (χ1) is 6.97. The van der Waals surface area contributed by atoms with Crippen molar-refractivity contribution in [3.05, 3.63) is 18.3 Å². The molecule has 0 fully saturated rings. The van der Waals surface area contributed by atoms with E-state index >= 15 is 0 Å². The Morgan fingerprint density at radius 1 is 1.40 bits per heavy atom. The largest absolute Gasteiger partial charge is 0.384 e. The number of aromatic nitrogens is 1. The summed E-state index contributed by atoms with van der Waals surface area (Å²) in [5, 5.41) is 0. The summed E-state index contributed by atoms with van der Waals surface area (Å²) in [6.45, 7) is 6.92. The van der Waals surface area contributed by atoms with Crippen LogP contribution in [-0.4, -0.2) is 22.9 Å². The monoisotopic (exact) mass is 226 g/mol. The number of nitrogens with zero attached hydrogens (tertiary/aromatic N) is 1. The van der Waals surface area contributed by atoms with Gasteiger partial charge in [0.25, 0.3) is 0 Å². The van der Waals surface area contributed by atoms with Crippen molar-refractivity contribution in [2.45, 2.75) is 31.3 Å². The summed E-state index contributed by atoms with van der Waals surface area (Å²) in [6.07, 6.45) is 1.79. The third-order valence-corrected chi connectivity index (χ3v) is 2.59. The van der Waals surface area contributed by atoms with Crippen LogP contribution in [0.15, 0.2) is 23.2 Å². The SMILES string of the molecule is CC(C)(C)OCCSc1ccc(N)nc1. The Bertz CT molecular complexity index is 292. The average Bonchev–Trinajstić information content (AvgIpc) is 2.14. The standard InChI is InChI=1S/C11H18N2OS/c1-11(2,3)14-6-7-15-9-4-5-10(12)13-8-9/h4-5,8H,6-7H2,1-3H3,(H2,12,13). The summed E-state index contributed by atoms with van der Waals surface area (Å²) < 4.78 is 5.61. The van der Waals surface area contributed by atoms with Crippen LogP contribution in [-0.2, 0) is 4.74 Å². The molecule has 0 aliphatic heterocycles. The van der Waals surface area contributed by atoms with Crippen LogP contribution in [0.1, 0.15) is 20.8 Å². The first-order valence-electron chi connectivity index (χ1n) is 4.96. The number of hydrogen-bond donors (Lipinski definition) is 1. The molecule has 0 saturated carbocycles. The van der Waals surface area contributed by atoms with Gasteiger partial charge in [-0.05, 0) is 32.9 Å². The maximum Gasteiger partial charge on any atom is 0.123 e. The van der Waals surface area contributed by atoms with Crippen LogP contribution in [0, 0.1) is 0 Å². The second-order valence-corrected chi connectivity index (χ2v) is 5.40. The molecule has 15 heavy (non-hydrogen) atoms. The van der Waals surface area contributed by atoms with Crippen molar-refractivity contribution >= 4 is 17.6 Å². The van der Waals surface area contributed by atoms with Gasteiger partial charge in [-0.25, -0.2) is 4.98 Å². The fraction of sp³-hybridized carbons (Fsp3) is 0.545. The predicted molar refractivity (Wildman–Crippen MR) is 65.1 cm³/mol. The lowest BCUT2D eigenvalue weighted by Crippen LogP contribution is -2.20. The highest BCUT2D eigenvalue weighted by atomic mass is 32.2. The number of nitrogens with two attached hydrogens (primary N) is 1. The Morgan fingerprint density at radius 3 is 2.67 bits per heavy atom. The predicted octanol–water partition coefficient (Wildman–Crippen LogP) is 2.57. The molecule has 2 N–H and O–H groups in total. The smallest absolute Gasteiger partial charge is 0.123 e. The molecule has 0 unspecified atom stereocenters. The van der Waals surface area contributed by atoms with Crippen LogP contribution in [0.2, 0.25) is 0 Å². The van der Waals surface area contributed by atoms with E-state index in [0.29, 0.717) is 5.82 Å². The van der Waals surface area contributed by atoms with Gasteiger partial charge >= 0.3 is 0 Å². The van der Waals surface area contributed by atoms with Crippen LogP contribution < -0.4 is 5.73 Å². The number of thioether (sulfide) groups is 1. The Morgan fingerprint density at radius 2 is 2.13 bits per heavy atom. The molecule has 4 heteroatoms. The van der Waals surface area contributed by atoms with Crippen molar-refractivity contribution in [2.75, 3.05) is 18.1 Å². The van der Waals surface area contributed by atoms with E-state index in [1.165, 1.54) is 0 Å². The van der Waals surface area contributed by atoms with Gasteiger partial charge in [0.05, 0.1) is 12.2 Å². The number of anilines is 1. The molecule has 0 atom stereocenters. The van der Waals surface area contributed by atoms with Gasteiger partial charge in [0.15, 0.2) is 0 Å². The molecule has 1 heterocycles. The molecule has 0 aromatic carbocycles. The van der Waals surface area contributed by atoms with Crippen molar-refractivity contribution < 1.29 is 4.74 Å². The summed E-state index contributed by atoms with van der Waals surface area (Å²) >= 11 is 1.73. The molecule has 0 radical (unpaired) electrons. The molecule has 0 spiro atoms. The Balaban J connectivity index is 2.23. The summed E-state index contributed by atoms with van der Waals surface area (Å²) in [4.78, 5) is 5.15. The lowest BCUT2D eigenvalue weighted by atomic mass is 10.2. The van der Waals surface area contributed by atoms with Crippen LogP contribution >= 0.6 is 11.8 Å². The number of rotatable bonds is 4. The summed E-state index contributed by atoms with van der Waals surface area (Å²) in [6, 6.07) is 3.79. The molecule has 3 nitrogen and oxygen atoms in total. The third kappa shape index (κ3) is 5.64. The van der Waals surface area contributed by atoms with Gasteiger partial charge in [0.1, 0.15) is 5.82 Å². The first-order valence-corrected chi connectivity index (χ1v) is 5.94. The molecule has 0 bridgehead atoms. The third-order valence-electron chi connectivity index (χ3n) is 1.65. The number of hydrogen-bond acceptors (Lipinski definition) is 4. The van der Waals surface area contributed by atoms with E-state index in [1.54, 1.807) is 18.0 Å². The van der Waals surface area contributed by atoms with E-state index in [1.807, 2.05) is 12.1 Å². The van der Waals surface area contributed by atoms with Gasteiger partial charge in [-0.15, -0.1) is 11.8 Å². The molecular weight excluding hydrogens is 208 g/mol. The highest BCUT2D eigenvalue weighted by molar-refractivity contribution is 7.99. The average molecular weight is 226 g/mol. The van der Waals surface area contributed by atoms with Crippen molar-refractivity contribution in [3.63, 3.8) is 0 Å². The maximum absolute atomic E-state index is 5.61. The zero-order valence-electron chi connectivity index (χ0n) is 9.49. The molecule has 1 aromatic rings. The van der Waals surface area contributed by atoms with E-state index in [4.69, 9.17) is 10.5 Å². The fourth-order valence-electron chi connectivity index (χ4n) is 0.984. The van der Waals surface area contributed by atoms with Crippen molar-refractivity contribution in [1.29, 1.82) is 0 Å². The van der Waals surface area contributed by atoms with Gasteiger partial charge < -0.3 is 10.5 Å². The highest BCUT2D eigenvalue weighted by Gasteiger charge is 2.08. The summed E-state index contributed by atoms with van der Waals surface area (Å²) in [5.41, 5.74) is 5.44. The van der Waals surface area contributed by atoms with Crippen LogP contribution in [0.3, 0.4) is 0 Å². The Hall–Kier alpha value is -0.740. The van der Waals surface area contributed by atoms with Gasteiger partial charge in [0, 0.05) is 16.8 Å². The van der Waals surface area contributed by atoms with Crippen LogP contribution in [0.5, 0.6) is 0 Å². The van der Waals surface area contributed by atoms with Crippen LogP contribution in [0.25, 0.3) is 0 Å². The normalized spacial score (nSPS) is 11.7. The van der Waals surface area contributed by atoms with Gasteiger partial charge in [0.2, 0.25) is 0 Å². The summed E-state index contributed by atoms with van der Waals surface area (Å²) in [5.74, 6) is 1.49. The molecule has 1 rings (SSSR count). The van der Waals surface area contributed by atoms with E-state index in [9.17, 15) is 0 Å². The molecule has 0 aliphatic carbocycles. The van der Waals surface area contributed by atoms with Crippen LogP contribution in [0.4, 0.5) is 5.82 Å². The lowest BCUT2D eigenvalue weighted by molar-refractivity contribution is 0.00695. The minimum atomic E-state index is -0.0556. The number of nitrogen functional groups attached to an aromatic ring is 1. The van der Waals surface area contributed by atoms with Gasteiger partial charge in [-0.1, -0.05) is 0 Å². The lowest BCUT2D eigenvalue weighted by Gasteiger charge is -2.19. The quantitative estimate of drug-likeness (QED) is 0.633. The molecule has 1 aromatic heterocycles. The zero-order chi connectivity index (χ0) is 11.3. The number of pyridine rings is 1. The van der Waals surface area contributed by atoms with E-state index < -0.39 is 0 Å². The first kappa shape index (κ1) is 12.3. The van der Waals surface area contributed by atoms with E-state index in [2.05, 4.69) is 25.8 Å². The maximum atomic E-state index is 5.61. The van der Waals surface area contributed by atoms with Crippen molar-refractivity contribution in [3.8, 4) is 0 Å². The number of ether oxygens (including phenoxy) is 1. The summed E-state index contributed by atoms with van der Waals surface area (Å²) in [7, 11) is 0. The minimum Gasteiger partial charge on any atom is -0.384 e.